The van der Waals surface area contributed by atoms with Gasteiger partial charge in [0, 0.05) is 78.3 Å². The number of methoxy groups -OCH3 is 3. The van der Waals surface area contributed by atoms with Crippen LogP contribution in [0.1, 0.15) is 144 Å². The summed E-state index contributed by atoms with van der Waals surface area (Å²) in [6.07, 6.45) is 4.29. The van der Waals surface area contributed by atoms with Crippen LogP contribution in [0.5, 0.6) is 0 Å². The van der Waals surface area contributed by atoms with Gasteiger partial charge < -0.3 is 61.6 Å². The van der Waals surface area contributed by atoms with Crippen LogP contribution in [0.2, 0.25) is 0 Å². The van der Waals surface area contributed by atoms with Crippen molar-refractivity contribution >= 4 is 70.9 Å². The number of nitrogens with zero attached hydrogens (tertiary/aromatic N) is 4. The smallest absolute Gasteiger partial charge is 0.328 e. The highest BCUT2D eigenvalue weighted by atomic mass is 16.5. The number of primary amides is 1. The lowest BCUT2D eigenvalue weighted by Crippen LogP contribution is -2.58. The maximum Gasteiger partial charge on any atom is 0.328 e. The zero-order valence-corrected chi connectivity index (χ0v) is 56.5. The first-order chi connectivity index (χ1) is 43.7. The highest BCUT2D eigenvalue weighted by Crippen LogP contribution is 2.30. The Morgan fingerprint density at radius 2 is 1.41 bits per heavy atom. The molecule has 92 heavy (non-hydrogen) atoms. The number of anilines is 1. The molecule has 0 saturated carbocycles. The second-order valence-corrected chi connectivity index (χ2v) is 25.1. The number of hydrogen-bond donors (Lipinski definition) is 7. The SMILES string of the molecule is CC[C@H](C)[C@@H]([C@@H](CC(=O)N1CCC[C@H]1[C@H](OC)[C@@H](C)C(=O)N[C@@H](Cc1ccccc1)C(=O)OC)OC)N(C)C(=O)[C@H](C)NC(=O)[C@H](C(C)C)N(C)CCc1ccc(NC(=O)[C@H](CCCCNC(N)=O)NC(=O)[C@H](C)NC(=O)CCCCCN2C(=O)CC(C)C2=O)cc1. The predicted octanol–water partition coefficient (Wildman–Crippen LogP) is 4.23. The molecule has 1 unspecified atom stereocenters. The van der Waals surface area contributed by atoms with Crippen LogP contribution in [-0.2, 0) is 75.0 Å². The molecule has 0 radical (unpaired) electrons. The van der Waals surface area contributed by atoms with Crippen LogP contribution in [-0.4, -0.2) is 201 Å². The fraction of sp³-hybridized carbons (Fsp3) is 0.657. The lowest BCUT2D eigenvalue weighted by Gasteiger charge is -2.40. The molecule has 512 valence electrons. The standard InChI is InChI=1S/C67H105N11O14/c1-14-42(4)58(53(90-11)40-56(81)77-36-23-27-52(77)59(91-12)44(6)60(82)74-51(66(88)92-13)39-48-24-17-15-18-25-48)76(10)65(87)46(8)71-63(85)57(41(2)3)75(9)37-33-47-29-31-49(32-30-47)72-62(84)50(26-20-21-34-69-67(68)89)73-61(83)45(7)70-54(79)28-19-16-22-35-78-55(80)38-43(5)64(78)86/h15,17-18,24-25,29-32,41-46,50-53,57-59H,14,16,19-23,26-28,33-40H2,1-13H3,(H,70,79)(H,71,85)(H,72,84)(H,73,83)(H,74,82)(H3,68,69,89)/t42-,43?,44+,45-,46-,50-,51-,52-,53+,57-,58-,59+/m0/s1. The predicted molar refractivity (Wildman–Crippen MR) is 348 cm³/mol. The highest BCUT2D eigenvalue weighted by Gasteiger charge is 2.43. The fourth-order valence-corrected chi connectivity index (χ4v) is 12.3. The second-order valence-electron chi connectivity index (χ2n) is 25.1. The van der Waals surface area contributed by atoms with Gasteiger partial charge in [-0.05, 0) is 107 Å². The van der Waals surface area contributed by atoms with E-state index in [1.54, 1.807) is 49.8 Å². The number of benzene rings is 2. The average molecular weight is 1290 g/mol. The van der Waals surface area contributed by atoms with E-state index in [1.165, 1.54) is 33.2 Å². The molecule has 2 aromatic rings. The van der Waals surface area contributed by atoms with Gasteiger partial charge in [0.2, 0.25) is 53.2 Å². The summed E-state index contributed by atoms with van der Waals surface area (Å²) in [5.41, 5.74) is 7.43. The van der Waals surface area contributed by atoms with Crippen LogP contribution in [0, 0.1) is 23.7 Å². The number of amides is 11. The van der Waals surface area contributed by atoms with Crippen molar-refractivity contribution in [1.29, 1.82) is 0 Å². The Labute approximate surface area is 543 Å². The van der Waals surface area contributed by atoms with Gasteiger partial charge in [-0.25, -0.2) is 9.59 Å². The summed E-state index contributed by atoms with van der Waals surface area (Å²) < 4.78 is 17.1. The monoisotopic (exact) mass is 1290 g/mol. The maximum absolute atomic E-state index is 14.5. The third-order valence-corrected chi connectivity index (χ3v) is 17.8. The number of nitrogens with two attached hydrogens (primary N) is 1. The normalized spacial score (nSPS) is 18.1. The molecule has 4 rings (SSSR count). The molecule has 2 aliphatic heterocycles. The van der Waals surface area contributed by atoms with Gasteiger partial charge >= 0.3 is 12.0 Å². The lowest BCUT2D eigenvalue weighted by atomic mass is 9.90. The van der Waals surface area contributed by atoms with E-state index in [-0.39, 0.29) is 91.8 Å². The van der Waals surface area contributed by atoms with Crippen molar-refractivity contribution in [1.82, 2.24) is 46.2 Å². The molecule has 0 aromatic heterocycles. The Kier molecular flexibility index (Phi) is 32.2. The molecule has 25 nitrogen and oxygen atoms in total. The first-order valence-electron chi connectivity index (χ1n) is 32.6. The number of hydrogen-bond acceptors (Lipinski definition) is 15. The van der Waals surface area contributed by atoms with Gasteiger partial charge in [-0.3, -0.25) is 53.0 Å². The Hall–Kier alpha value is -7.51. The highest BCUT2D eigenvalue weighted by molar-refractivity contribution is 6.03. The molecular weight excluding hydrogens is 1180 g/mol. The van der Waals surface area contributed by atoms with Gasteiger partial charge in [0.1, 0.15) is 24.2 Å². The van der Waals surface area contributed by atoms with E-state index >= 15 is 0 Å². The van der Waals surface area contributed by atoms with Crippen molar-refractivity contribution in [3.63, 3.8) is 0 Å². The summed E-state index contributed by atoms with van der Waals surface area (Å²) in [5.74, 6) is -5.05. The number of ether oxygens (including phenoxy) is 3. The summed E-state index contributed by atoms with van der Waals surface area (Å²) in [5, 5.41) is 16.7. The van der Waals surface area contributed by atoms with Crippen LogP contribution in [0.4, 0.5) is 10.5 Å². The molecule has 0 spiro atoms. The minimum absolute atomic E-state index is 0.0685. The number of urea groups is 1. The van der Waals surface area contributed by atoms with E-state index in [2.05, 4.69) is 31.9 Å². The molecule has 12 atom stereocenters. The number of imide groups is 1. The molecule has 2 fully saturated rings. The van der Waals surface area contributed by atoms with Gasteiger partial charge in [0.25, 0.3) is 0 Å². The van der Waals surface area contributed by atoms with Crippen LogP contribution < -0.4 is 37.6 Å². The summed E-state index contributed by atoms with van der Waals surface area (Å²) in [6, 6.07) is 10.3. The maximum atomic E-state index is 14.5. The van der Waals surface area contributed by atoms with Gasteiger partial charge in [0.15, 0.2) is 0 Å². The molecule has 2 saturated heterocycles. The topological polar surface area (TPSA) is 327 Å². The zero-order chi connectivity index (χ0) is 68.4. The number of nitrogens with one attached hydrogen (secondary N) is 6. The molecule has 25 heteroatoms. The van der Waals surface area contributed by atoms with Crippen LogP contribution in [0.3, 0.4) is 0 Å². The summed E-state index contributed by atoms with van der Waals surface area (Å²) in [7, 11) is 7.80. The number of carbonyl (C=O) groups excluding carboxylic acids is 11. The first-order valence-corrected chi connectivity index (χ1v) is 32.6. The summed E-state index contributed by atoms with van der Waals surface area (Å²) in [6.45, 7) is 15.9. The van der Waals surface area contributed by atoms with E-state index in [4.69, 9.17) is 19.9 Å². The molecule has 0 aliphatic carbocycles. The van der Waals surface area contributed by atoms with Crippen molar-refractivity contribution in [2.75, 3.05) is 66.9 Å². The number of rotatable bonds is 39. The molecule has 2 aromatic carbocycles. The molecular formula is C67H105N11O14. The van der Waals surface area contributed by atoms with Crippen molar-refractivity contribution in [3.05, 3.63) is 65.7 Å². The van der Waals surface area contributed by atoms with Crippen molar-refractivity contribution in [2.45, 2.75) is 200 Å². The van der Waals surface area contributed by atoms with Crippen LogP contribution in [0.25, 0.3) is 0 Å². The third-order valence-electron chi connectivity index (χ3n) is 17.8. The molecule has 2 heterocycles. The lowest BCUT2D eigenvalue weighted by molar-refractivity contribution is -0.148. The van der Waals surface area contributed by atoms with Crippen molar-refractivity contribution in [3.8, 4) is 0 Å². The number of likely N-dealkylation sites (N-methyl/N-ethyl adjacent to an activating group) is 2. The van der Waals surface area contributed by atoms with Gasteiger partial charge in [-0.15, -0.1) is 0 Å². The van der Waals surface area contributed by atoms with E-state index in [0.717, 1.165) is 11.1 Å². The van der Waals surface area contributed by atoms with Gasteiger partial charge in [-0.2, -0.15) is 0 Å². The number of likely N-dealkylation sites (tertiary alicyclic amines) is 2. The van der Waals surface area contributed by atoms with Gasteiger partial charge in [0.05, 0.1) is 49.8 Å². The van der Waals surface area contributed by atoms with Crippen LogP contribution in [0.15, 0.2) is 54.6 Å². The summed E-state index contributed by atoms with van der Waals surface area (Å²) in [4.78, 5) is 152. The molecule has 2 aliphatic rings. The molecule has 0 bridgehead atoms. The largest absolute Gasteiger partial charge is 0.467 e. The number of esters is 1. The van der Waals surface area contributed by atoms with E-state index < -0.39 is 90.1 Å². The van der Waals surface area contributed by atoms with Crippen molar-refractivity contribution in [2.24, 2.45) is 29.4 Å². The first kappa shape index (κ1) is 76.9. The minimum Gasteiger partial charge on any atom is -0.467 e. The Morgan fingerprint density at radius 1 is 0.739 bits per heavy atom. The molecule has 11 amide bonds. The quantitative estimate of drug-likeness (QED) is 0.0280. The Bertz CT molecular complexity index is 2770. The average Bonchev–Trinajstić information content (AvgIpc) is 1.76. The Balaban J connectivity index is 1.33. The van der Waals surface area contributed by atoms with Gasteiger partial charge in [-0.1, -0.05) is 96.8 Å². The third kappa shape index (κ3) is 23.3. The number of unbranched alkanes of at least 4 members (excludes halogenated alkanes) is 3. The van der Waals surface area contributed by atoms with E-state index in [1.807, 2.05) is 82.1 Å². The second kappa shape index (κ2) is 38.5. The minimum atomic E-state index is -0.995. The molecule has 8 N–H and O–H groups in total. The fourth-order valence-electron chi connectivity index (χ4n) is 12.3. The summed E-state index contributed by atoms with van der Waals surface area (Å²) >= 11 is 0. The van der Waals surface area contributed by atoms with Crippen molar-refractivity contribution < 1.29 is 67.0 Å². The van der Waals surface area contributed by atoms with E-state index in [9.17, 15) is 52.7 Å². The zero-order valence-electron chi connectivity index (χ0n) is 56.5. The van der Waals surface area contributed by atoms with E-state index in [0.29, 0.717) is 83.1 Å². The Morgan fingerprint density at radius 3 is 2.01 bits per heavy atom. The van der Waals surface area contributed by atoms with Crippen LogP contribution >= 0.6 is 0 Å². The number of carbonyl (C=O) groups is 11.